The van der Waals surface area contributed by atoms with Gasteiger partial charge in [-0.2, -0.15) is 8.42 Å². The molecule has 1 heterocycles. The van der Waals surface area contributed by atoms with Crippen molar-refractivity contribution in [3.8, 4) is 0 Å². The van der Waals surface area contributed by atoms with Crippen LogP contribution >= 0.6 is 0 Å². The van der Waals surface area contributed by atoms with Crippen LogP contribution < -0.4 is 0 Å². The minimum Gasteiger partial charge on any atom is -0.457 e. The van der Waals surface area contributed by atoms with Crippen LogP contribution in [0.15, 0.2) is 60.8 Å². The number of allylic oxidation sites excluding steroid dienone is 10. The fraction of sp³-hybridized carbons (Fsp3) is 0.804. The number of rotatable bonds is 48. The molecule has 1 aliphatic heterocycles. The highest BCUT2D eigenvalue weighted by atomic mass is 32.3. The Morgan fingerprint density at radius 1 is 0.565 bits per heavy atom. The lowest BCUT2D eigenvalue weighted by Crippen LogP contribution is -2.60. The maximum absolute atomic E-state index is 12.9. The molecule has 1 fully saturated rings. The summed E-state index contributed by atoms with van der Waals surface area (Å²) in [5.41, 5.74) is 0. The summed E-state index contributed by atoms with van der Waals surface area (Å²) in [6, 6.07) is 0. The fourth-order valence-corrected chi connectivity index (χ4v) is 8.76. The number of aliphatic hydroxyl groups is 3. The van der Waals surface area contributed by atoms with Gasteiger partial charge in [0.2, 0.25) is 0 Å². The second kappa shape index (κ2) is 46.8. The summed E-state index contributed by atoms with van der Waals surface area (Å²) in [4.78, 5) is 12.9. The first kappa shape index (κ1) is 64.8. The number of aliphatic hydroxyl groups excluding tert-OH is 3. The molecule has 0 aliphatic carbocycles. The maximum Gasteiger partial charge on any atom is 0.397 e. The van der Waals surface area contributed by atoms with E-state index in [1.807, 2.05) is 0 Å². The van der Waals surface area contributed by atoms with E-state index in [1.165, 1.54) is 116 Å². The number of carbonyl (C=O) groups excluding carboxylic acids is 1. The lowest BCUT2D eigenvalue weighted by Gasteiger charge is -2.41. The molecule has 13 heteroatoms. The molecule has 12 nitrogen and oxygen atoms in total. The molecule has 0 bridgehead atoms. The van der Waals surface area contributed by atoms with Gasteiger partial charge in [-0.15, -0.1) is 0 Å². The predicted octanol–water partition coefficient (Wildman–Crippen LogP) is 13.3. The van der Waals surface area contributed by atoms with E-state index in [1.54, 1.807) is 0 Å². The van der Waals surface area contributed by atoms with Crippen molar-refractivity contribution in [1.82, 2.24) is 0 Å². The summed E-state index contributed by atoms with van der Waals surface area (Å²) in [6.07, 6.45) is 51.1. The Morgan fingerprint density at radius 3 is 1.48 bits per heavy atom. The molecule has 0 spiro atoms. The van der Waals surface area contributed by atoms with Crippen LogP contribution in [0.3, 0.4) is 0 Å². The zero-order chi connectivity index (χ0) is 50.3. The van der Waals surface area contributed by atoms with Crippen LogP contribution in [-0.2, 0) is 38.3 Å². The molecule has 0 radical (unpaired) electrons. The average Bonchev–Trinajstić information content (AvgIpc) is 3.32. The molecule has 0 aromatic heterocycles. The summed E-state index contributed by atoms with van der Waals surface area (Å²) in [6.45, 7) is 3.88. The monoisotopic (exact) mass is 997 g/mol. The molecule has 0 aromatic carbocycles. The number of ether oxygens (including phenoxy) is 4. The van der Waals surface area contributed by atoms with Crippen LogP contribution in [0.4, 0.5) is 0 Å². The lowest BCUT2D eigenvalue weighted by atomic mass is 9.99. The molecule has 6 atom stereocenters. The summed E-state index contributed by atoms with van der Waals surface area (Å²) in [5.74, 6) is -0.407. The van der Waals surface area contributed by atoms with Gasteiger partial charge >= 0.3 is 16.4 Å². The van der Waals surface area contributed by atoms with Crippen molar-refractivity contribution >= 4 is 16.4 Å². The van der Waals surface area contributed by atoms with E-state index in [0.29, 0.717) is 13.0 Å². The molecule has 1 rings (SSSR count). The zero-order valence-corrected chi connectivity index (χ0v) is 44.2. The zero-order valence-electron chi connectivity index (χ0n) is 43.4. The average molecular weight is 997 g/mol. The van der Waals surface area contributed by atoms with E-state index in [0.717, 1.165) is 83.5 Å². The normalized spacial score (nSPS) is 19.7. The molecule has 4 N–H and O–H groups in total. The second-order valence-corrected chi connectivity index (χ2v) is 19.8. The Labute approximate surface area is 420 Å². The Balaban J connectivity index is 2.30. The molecule has 1 aliphatic rings. The topological polar surface area (TPSA) is 178 Å². The van der Waals surface area contributed by atoms with Crippen molar-refractivity contribution in [3.63, 3.8) is 0 Å². The first-order chi connectivity index (χ1) is 33.6. The van der Waals surface area contributed by atoms with Crippen LogP contribution in [-0.4, -0.2) is 97.5 Å². The van der Waals surface area contributed by atoms with E-state index in [4.69, 9.17) is 18.9 Å². The van der Waals surface area contributed by atoms with Crippen molar-refractivity contribution in [2.24, 2.45) is 0 Å². The van der Waals surface area contributed by atoms with E-state index in [-0.39, 0.29) is 19.6 Å². The number of esters is 1. The van der Waals surface area contributed by atoms with Crippen molar-refractivity contribution in [1.29, 1.82) is 0 Å². The number of unbranched alkanes of at least 4 members (excludes halogenated alkanes) is 25. The van der Waals surface area contributed by atoms with Gasteiger partial charge in [0.25, 0.3) is 0 Å². The second-order valence-electron chi connectivity index (χ2n) is 18.8. The first-order valence-corrected chi connectivity index (χ1v) is 28.9. The minimum absolute atomic E-state index is 0.0311. The van der Waals surface area contributed by atoms with Gasteiger partial charge in [-0.1, -0.05) is 203 Å². The minimum atomic E-state index is -5.07. The molecule has 0 aromatic rings. The molecular weight excluding hydrogens is 897 g/mol. The van der Waals surface area contributed by atoms with Gasteiger partial charge in [0.05, 0.1) is 19.8 Å². The summed E-state index contributed by atoms with van der Waals surface area (Å²) < 4.78 is 59.3. The third kappa shape index (κ3) is 40.0. The van der Waals surface area contributed by atoms with Crippen molar-refractivity contribution in [2.45, 2.75) is 263 Å². The van der Waals surface area contributed by atoms with Gasteiger partial charge in [-0.25, -0.2) is 4.18 Å². The van der Waals surface area contributed by atoms with Crippen molar-refractivity contribution in [3.05, 3.63) is 60.8 Å². The van der Waals surface area contributed by atoms with E-state index < -0.39 is 59.8 Å². The van der Waals surface area contributed by atoms with Crippen LogP contribution in [0.5, 0.6) is 0 Å². The molecular formula is C56H100O12S. The Morgan fingerprint density at radius 2 is 1.00 bits per heavy atom. The first-order valence-electron chi connectivity index (χ1n) is 27.5. The Kier molecular flexibility index (Phi) is 44.0. The van der Waals surface area contributed by atoms with Crippen molar-refractivity contribution < 1.29 is 56.2 Å². The van der Waals surface area contributed by atoms with Gasteiger partial charge in [0.1, 0.15) is 30.5 Å². The predicted molar refractivity (Wildman–Crippen MR) is 280 cm³/mol. The van der Waals surface area contributed by atoms with E-state index in [2.05, 4.69) is 78.8 Å². The van der Waals surface area contributed by atoms with Crippen molar-refractivity contribution in [2.75, 3.05) is 26.4 Å². The van der Waals surface area contributed by atoms with Gasteiger partial charge in [-0.05, 0) is 77.0 Å². The van der Waals surface area contributed by atoms with Gasteiger partial charge in [0, 0.05) is 13.0 Å². The van der Waals surface area contributed by atoms with Gasteiger partial charge in [-0.3, -0.25) is 9.35 Å². The van der Waals surface area contributed by atoms with Crippen LogP contribution in [0.25, 0.3) is 0 Å². The Bertz CT molecular complexity index is 1430. The third-order valence-electron chi connectivity index (χ3n) is 12.4. The Hall–Kier alpha value is -2.20. The van der Waals surface area contributed by atoms with Crippen LogP contribution in [0.2, 0.25) is 0 Å². The smallest absolute Gasteiger partial charge is 0.397 e. The van der Waals surface area contributed by atoms with E-state index in [9.17, 15) is 33.1 Å². The maximum atomic E-state index is 12.9. The van der Waals surface area contributed by atoms with Crippen LogP contribution in [0, 0.1) is 0 Å². The van der Waals surface area contributed by atoms with Gasteiger partial charge in [0.15, 0.2) is 6.29 Å². The molecule has 402 valence electrons. The molecule has 0 saturated carbocycles. The van der Waals surface area contributed by atoms with Gasteiger partial charge < -0.3 is 34.3 Å². The summed E-state index contributed by atoms with van der Waals surface area (Å²) in [5, 5.41) is 30.8. The highest BCUT2D eigenvalue weighted by molar-refractivity contribution is 7.80. The largest absolute Gasteiger partial charge is 0.457 e. The standard InChI is InChI=1S/C56H100O12S/c1-3-5-7-9-11-13-15-17-19-21-22-23-24-25-26-27-28-29-30-32-34-36-38-40-42-44-46-64-48-50(49-65-56-54(60)55(68-69(61,62)63)53(59)51(47-57)67-56)66-52(58)45-43-41-39-37-35-33-31-20-18-16-14-12-10-8-6-4-2/h5,7,11,13,17,19-20,22-23,31,50-51,53-57,59-60H,3-4,6,8-10,12,14-16,18,21,24-30,32-49H2,1-2H3,(H,61,62,63)/b7-5-,13-11-,19-17-,23-22-,31-20-. The van der Waals surface area contributed by atoms with Crippen LogP contribution in [0.1, 0.15) is 226 Å². The number of carbonyl (C=O) groups is 1. The molecule has 0 amide bonds. The number of hydrogen-bond donors (Lipinski definition) is 4. The summed E-state index contributed by atoms with van der Waals surface area (Å²) >= 11 is 0. The number of hydrogen-bond acceptors (Lipinski definition) is 11. The highest BCUT2D eigenvalue weighted by Gasteiger charge is 2.48. The van der Waals surface area contributed by atoms with E-state index >= 15 is 0 Å². The third-order valence-corrected chi connectivity index (χ3v) is 12.8. The molecule has 6 unspecified atom stereocenters. The molecule has 1 saturated heterocycles. The SMILES string of the molecule is CC/C=C\C/C=C\C/C=C\C/C=C\CCCCCCCCCCCCCCCOCC(COC1OC(CO)C(O)C(OS(=O)(=O)O)C1O)OC(=O)CCCCCCC/C=C\CCCCCCCCC. The highest BCUT2D eigenvalue weighted by Crippen LogP contribution is 2.26. The lowest BCUT2D eigenvalue weighted by molar-refractivity contribution is -0.301. The quantitative estimate of drug-likeness (QED) is 0.0197. The molecule has 69 heavy (non-hydrogen) atoms. The summed E-state index contributed by atoms with van der Waals surface area (Å²) in [7, 11) is -5.07. The fourth-order valence-electron chi connectivity index (χ4n) is 8.25.